The summed E-state index contributed by atoms with van der Waals surface area (Å²) in [7, 11) is 0. The van der Waals surface area contributed by atoms with Gasteiger partial charge in [-0.15, -0.1) is 0 Å². The summed E-state index contributed by atoms with van der Waals surface area (Å²) >= 11 is 2.15. The van der Waals surface area contributed by atoms with Gasteiger partial charge in [-0.05, 0) is 29.5 Å². The highest BCUT2D eigenvalue weighted by atomic mass is 127. The van der Waals surface area contributed by atoms with Gasteiger partial charge in [0, 0.05) is 18.7 Å². The largest absolute Gasteiger partial charge is 0.292 e. The molecule has 0 atom stereocenters. The fourth-order valence-electron chi connectivity index (χ4n) is 0.999. The van der Waals surface area contributed by atoms with Gasteiger partial charge in [0.2, 0.25) is 0 Å². The standard InChI is InChI=1S/C9H13IN2O/c1-4-12-5-7(10)8(11-12)9(13)6(2)3/h5-6H,4H2,1-3H3. The van der Waals surface area contributed by atoms with Crippen LogP contribution in [0.25, 0.3) is 0 Å². The average Bonchev–Trinajstić information content (AvgIpc) is 2.45. The first-order valence-corrected chi connectivity index (χ1v) is 5.41. The van der Waals surface area contributed by atoms with Crippen LogP contribution in [-0.2, 0) is 6.54 Å². The van der Waals surface area contributed by atoms with Crippen LogP contribution in [0.15, 0.2) is 6.20 Å². The maximum atomic E-state index is 11.6. The van der Waals surface area contributed by atoms with Gasteiger partial charge < -0.3 is 0 Å². The Balaban J connectivity index is 3.00. The van der Waals surface area contributed by atoms with E-state index in [-0.39, 0.29) is 11.7 Å². The maximum Gasteiger partial charge on any atom is 0.186 e. The number of carbonyl (C=O) groups excluding carboxylic acids is 1. The first-order valence-electron chi connectivity index (χ1n) is 4.33. The van der Waals surface area contributed by atoms with Gasteiger partial charge in [0.05, 0.1) is 3.57 Å². The Labute approximate surface area is 91.7 Å². The third-order valence-electron chi connectivity index (χ3n) is 1.80. The van der Waals surface area contributed by atoms with Gasteiger partial charge in [-0.1, -0.05) is 13.8 Å². The van der Waals surface area contributed by atoms with Crippen LogP contribution in [0, 0.1) is 9.49 Å². The Morgan fingerprint density at radius 2 is 2.31 bits per heavy atom. The summed E-state index contributed by atoms with van der Waals surface area (Å²) in [6.07, 6.45) is 1.90. The number of aryl methyl sites for hydroxylation is 1. The van der Waals surface area contributed by atoms with Crippen molar-refractivity contribution in [1.29, 1.82) is 0 Å². The smallest absolute Gasteiger partial charge is 0.186 e. The predicted octanol–water partition coefficient (Wildman–Crippen LogP) is 2.35. The van der Waals surface area contributed by atoms with Gasteiger partial charge in [0.25, 0.3) is 0 Å². The van der Waals surface area contributed by atoms with Crippen LogP contribution in [0.1, 0.15) is 31.3 Å². The molecular formula is C9H13IN2O. The Morgan fingerprint density at radius 3 is 2.69 bits per heavy atom. The molecule has 1 aromatic rings. The van der Waals surface area contributed by atoms with Crippen LogP contribution in [0.5, 0.6) is 0 Å². The van der Waals surface area contributed by atoms with E-state index in [4.69, 9.17) is 0 Å². The number of hydrogen-bond acceptors (Lipinski definition) is 2. The highest BCUT2D eigenvalue weighted by molar-refractivity contribution is 14.1. The summed E-state index contributed by atoms with van der Waals surface area (Å²) in [5, 5.41) is 4.21. The van der Waals surface area contributed by atoms with Gasteiger partial charge >= 0.3 is 0 Å². The van der Waals surface area contributed by atoms with Crippen LogP contribution in [0.3, 0.4) is 0 Å². The zero-order chi connectivity index (χ0) is 10.0. The molecule has 0 radical (unpaired) electrons. The van der Waals surface area contributed by atoms with Gasteiger partial charge in [-0.3, -0.25) is 9.48 Å². The van der Waals surface area contributed by atoms with Crippen LogP contribution < -0.4 is 0 Å². The summed E-state index contributed by atoms with van der Waals surface area (Å²) in [6, 6.07) is 0. The highest BCUT2D eigenvalue weighted by Gasteiger charge is 2.17. The van der Waals surface area contributed by atoms with Crippen molar-refractivity contribution in [2.45, 2.75) is 27.3 Å². The quantitative estimate of drug-likeness (QED) is 0.633. The second kappa shape index (κ2) is 4.21. The second-order valence-corrected chi connectivity index (χ2v) is 4.36. The molecule has 0 fully saturated rings. The van der Waals surface area contributed by atoms with E-state index in [9.17, 15) is 4.79 Å². The molecule has 0 unspecified atom stereocenters. The Hall–Kier alpha value is -0.390. The number of hydrogen-bond donors (Lipinski definition) is 0. The molecule has 0 aliphatic heterocycles. The molecule has 13 heavy (non-hydrogen) atoms. The molecule has 1 heterocycles. The number of ketones is 1. The first kappa shape index (κ1) is 10.7. The van der Waals surface area contributed by atoms with Gasteiger partial charge in [0.15, 0.2) is 5.78 Å². The molecule has 4 heteroatoms. The lowest BCUT2D eigenvalue weighted by atomic mass is 10.1. The monoisotopic (exact) mass is 292 g/mol. The van der Waals surface area contributed by atoms with Crippen molar-refractivity contribution in [2.24, 2.45) is 5.92 Å². The number of Topliss-reactive ketones (excluding diaryl/α,β-unsaturated/α-hetero) is 1. The SMILES string of the molecule is CCn1cc(I)c(C(=O)C(C)C)n1. The predicted molar refractivity (Wildman–Crippen MR) is 59.8 cm³/mol. The fourth-order valence-corrected chi connectivity index (χ4v) is 1.69. The van der Waals surface area contributed by atoms with Crippen LogP contribution >= 0.6 is 22.6 Å². The van der Waals surface area contributed by atoms with Crippen LogP contribution in [-0.4, -0.2) is 15.6 Å². The summed E-state index contributed by atoms with van der Waals surface area (Å²) in [5.74, 6) is 0.144. The molecule has 0 amide bonds. The number of aromatic nitrogens is 2. The van der Waals surface area contributed by atoms with Gasteiger partial charge in [0.1, 0.15) is 5.69 Å². The van der Waals surface area contributed by atoms with Crippen molar-refractivity contribution in [3.8, 4) is 0 Å². The number of rotatable bonds is 3. The zero-order valence-electron chi connectivity index (χ0n) is 8.04. The molecule has 0 spiro atoms. The molecule has 3 nitrogen and oxygen atoms in total. The lowest BCUT2D eigenvalue weighted by Gasteiger charge is -1.99. The van der Waals surface area contributed by atoms with Crippen molar-refractivity contribution in [3.05, 3.63) is 15.5 Å². The van der Waals surface area contributed by atoms with E-state index in [1.807, 2.05) is 27.0 Å². The minimum Gasteiger partial charge on any atom is -0.292 e. The van der Waals surface area contributed by atoms with E-state index in [1.54, 1.807) is 4.68 Å². The molecule has 0 aliphatic rings. The third-order valence-corrected chi connectivity index (χ3v) is 2.59. The van der Waals surface area contributed by atoms with Crippen LogP contribution in [0.2, 0.25) is 0 Å². The van der Waals surface area contributed by atoms with Gasteiger partial charge in [-0.25, -0.2) is 0 Å². The first-order chi connectivity index (χ1) is 6.06. The number of halogens is 1. The number of carbonyl (C=O) groups is 1. The molecule has 0 bridgehead atoms. The van der Waals surface area contributed by atoms with Gasteiger partial charge in [-0.2, -0.15) is 5.10 Å². The Morgan fingerprint density at radius 1 is 1.69 bits per heavy atom. The molecule has 0 aliphatic carbocycles. The van der Waals surface area contributed by atoms with E-state index in [2.05, 4.69) is 27.7 Å². The highest BCUT2D eigenvalue weighted by Crippen LogP contribution is 2.14. The molecule has 1 rings (SSSR count). The minimum atomic E-state index is 0.0220. The molecule has 0 N–H and O–H groups in total. The van der Waals surface area contributed by atoms with Crippen molar-refractivity contribution >= 4 is 28.4 Å². The summed E-state index contributed by atoms with van der Waals surface area (Å²) in [4.78, 5) is 11.6. The minimum absolute atomic E-state index is 0.0220. The second-order valence-electron chi connectivity index (χ2n) is 3.20. The molecule has 0 saturated carbocycles. The average molecular weight is 292 g/mol. The number of nitrogens with zero attached hydrogens (tertiary/aromatic N) is 2. The van der Waals surface area contributed by atoms with Crippen molar-refractivity contribution in [3.63, 3.8) is 0 Å². The van der Waals surface area contributed by atoms with Crippen LogP contribution in [0.4, 0.5) is 0 Å². The topological polar surface area (TPSA) is 34.9 Å². The molecule has 72 valence electrons. The molecule has 0 saturated heterocycles. The molecule has 1 aromatic heterocycles. The van der Waals surface area contributed by atoms with E-state index in [1.165, 1.54) is 0 Å². The van der Waals surface area contributed by atoms with Crippen molar-refractivity contribution in [2.75, 3.05) is 0 Å². The molecule has 0 aromatic carbocycles. The van der Waals surface area contributed by atoms with Crippen molar-refractivity contribution < 1.29 is 4.79 Å². The lowest BCUT2D eigenvalue weighted by molar-refractivity contribution is 0.0932. The fraction of sp³-hybridized carbons (Fsp3) is 0.556. The van der Waals surface area contributed by atoms with E-state index in [0.29, 0.717) is 5.69 Å². The Bertz CT molecular complexity index is 317. The summed E-state index contributed by atoms with van der Waals surface area (Å²) in [6.45, 7) is 6.60. The maximum absolute atomic E-state index is 11.6. The normalized spacial score (nSPS) is 10.8. The summed E-state index contributed by atoms with van der Waals surface area (Å²) < 4.78 is 2.73. The van der Waals surface area contributed by atoms with Crippen molar-refractivity contribution in [1.82, 2.24) is 9.78 Å². The zero-order valence-corrected chi connectivity index (χ0v) is 10.2. The van der Waals surface area contributed by atoms with E-state index in [0.717, 1.165) is 10.1 Å². The van der Waals surface area contributed by atoms with E-state index < -0.39 is 0 Å². The van der Waals surface area contributed by atoms with E-state index >= 15 is 0 Å². The lowest BCUT2D eigenvalue weighted by Crippen LogP contribution is -2.10. The summed E-state index contributed by atoms with van der Waals surface area (Å²) in [5.41, 5.74) is 0.609. The molecular weight excluding hydrogens is 279 g/mol. The Kier molecular flexibility index (Phi) is 3.47. The third kappa shape index (κ3) is 2.30.